The molecule has 0 aliphatic rings. The molecule has 20 heavy (non-hydrogen) atoms. The molecule has 2 rings (SSSR count). The van der Waals surface area contributed by atoms with Crippen molar-refractivity contribution >= 4 is 33.4 Å². The van der Waals surface area contributed by atoms with Crippen LogP contribution < -0.4 is 5.32 Å². The number of carbonyl (C=O) groups excluding carboxylic acids is 1. The average molecular weight is 355 g/mol. The molecule has 0 fully saturated rings. The number of benzene rings is 2. The maximum absolute atomic E-state index is 12.2. The Balaban J connectivity index is 2.17. The second kappa shape index (κ2) is 6.88. The van der Waals surface area contributed by atoms with Crippen LogP contribution in [0.2, 0.25) is 5.02 Å². The van der Waals surface area contributed by atoms with Crippen LogP contribution in [0.5, 0.6) is 0 Å². The summed E-state index contributed by atoms with van der Waals surface area (Å²) in [4.78, 5) is 12.2. The van der Waals surface area contributed by atoms with Crippen molar-refractivity contribution in [2.45, 2.75) is 6.04 Å². The van der Waals surface area contributed by atoms with Gasteiger partial charge in [0.2, 0.25) is 0 Å². The van der Waals surface area contributed by atoms with Crippen LogP contribution in [-0.2, 0) is 0 Å². The normalized spacial score (nSPS) is 11.9. The Kier molecular flexibility index (Phi) is 5.17. The van der Waals surface area contributed by atoms with E-state index in [1.54, 1.807) is 18.2 Å². The molecule has 0 spiro atoms. The van der Waals surface area contributed by atoms with Crippen LogP contribution in [0.4, 0.5) is 0 Å². The van der Waals surface area contributed by atoms with Crippen molar-refractivity contribution in [1.29, 1.82) is 0 Å². The molecule has 3 nitrogen and oxygen atoms in total. The molecule has 0 aliphatic heterocycles. The number of halogens is 2. The smallest absolute Gasteiger partial charge is 0.252 e. The highest BCUT2D eigenvalue weighted by Gasteiger charge is 2.16. The van der Waals surface area contributed by atoms with E-state index in [1.165, 1.54) is 0 Å². The summed E-state index contributed by atoms with van der Waals surface area (Å²) in [7, 11) is 0. The Bertz CT molecular complexity index is 604. The average Bonchev–Trinajstić information content (AvgIpc) is 2.45. The van der Waals surface area contributed by atoms with Crippen LogP contribution in [0.25, 0.3) is 0 Å². The summed E-state index contributed by atoms with van der Waals surface area (Å²) < 4.78 is 0.618. The molecule has 0 saturated carbocycles. The maximum Gasteiger partial charge on any atom is 0.252 e. The van der Waals surface area contributed by atoms with Gasteiger partial charge in [-0.15, -0.1) is 0 Å². The number of rotatable bonds is 4. The quantitative estimate of drug-likeness (QED) is 0.882. The highest BCUT2D eigenvalue weighted by molar-refractivity contribution is 9.10. The molecule has 1 unspecified atom stereocenters. The third-order valence-electron chi connectivity index (χ3n) is 2.87. The Morgan fingerprint density at radius 3 is 2.55 bits per heavy atom. The van der Waals surface area contributed by atoms with E-state index in [1.807, 2.05) is 30.3 Å². The van der Waals surface area contributed by atoms with Gasteiger partial charge in [0.1, 0.15) is 0 Å². The SMILES string of the molecule is O=C(NC(CO)c1ccccc1)c1ccc(Cl)cc1Br. The van der Waals surface area contributed by atoms with Crippen molar-refractivity contribution in [3.8, 4) is 0 Å². The summed E-state index contributed by atoms with van der Waals surface area (Å²) in [5.41, 5.74) is 1.33. The van der Waals surface area contributed by atoms with Gasteiger partial charge in [0.15, 0.2) is 0 Å². The molecule has 1 atom stereocenters. The fraction of sp³-hybridized carbons (Fsp3) is 0.133. The number of aliphatic hydroxyl groups is 1. The predicted octanol–water partition coefficient (Wildman–Crippen LogP) is 3.57. The van der Waals surface area contributed by atoms with Gasteiger partial charge in [-0.1, -0.05) is 41.9 Å². The van der Waals surface area contributed by atoms with Crippen molar-refractivity contribution in [2.75, 3.05) is 6.61 Å². The van der Waals surface area contributed by atoms with Crippen LogP contribution in [-0.4, -0.2) is 17.6 Å². The zero-order valence-corrected chi connectivity index (χ0v) is 12.9. The van der Waals surface area contributed by atoms with Gasteiger partial charge >= 0.3 is 0 Å². The summed E-state index contributed by atoms with van der Waals surface area (Å²) in [6, 6.07) is 13.8. The first-order chi connectivity index (χ1) is 9.61. The van der Waals surface area contributed by atoms with Gasteiger partial charge in [-0.2, -0.15) is 0 Å². The summed E-state index contributed by atoms with van der Waals surface area (Å²) in [5, 5.41) is 12.8. The first-order valence-electron chi connectivity index (χ1n) is 6.03. The van der Waals surface area contributed by atoms with E-state index in [2.05, 4.69) is 21.2 Å². The molecule has 0 saturated heterocycles. The minimum Gasteiger partial charge on any atom is -0.394 e. The highest BCUT2D eigenvalue weighted by atomic mass is 79.9. The summed E-state index contributed by atoms with van der Waals surface area (Å²) in [5.74, 6) is -0.267. The summed E-state index contributed by atoms with van der Waals surface area (Å²) >= 11 is 9.16. The number of hydrogen-bond acceptors (Lipinski definition) is 2. The molecule has 2 N–H and O–H groups in total. The minimum absolute atomic E-state index is 0.166. The fourth-order valence-electron chi connectivity index (χ4n) is 1.83. The van der Waals surface area contributed by atoms with Crippen LogP contribution in [0.1, 0.15) is 22.0 Å². The van der Waals surface area contributed by atoms with E-state index in [4.69, 9.17) is 11.6 Å². The summed E-state index contributed by atoms with van der Waals surface area (Å²) in [6.07, 6.45) is 0. The number of hydrogen-bond donors (Lipinski definition) is 2. The van der Waals surface area contributed by atoms with Crippen molar-refractivity contribution in [3.05, 3.63) is 69.2 Å². The minimum atomic E-state index is -0.439. The van der Waals surface area contributed by atoms with E-state index in [-0.39, 0.29) is 12.5 Å². The zero-order chi connectivity index (χ0) is 14.5. The standard InChI is InChI=1S/C15H13BrClNO2/c16-13-8-11(17)6-7-12(13)15(20)18-14(9-19)10-4-2-1-3-5-10/h1-8,14,19H,9H2,(H,18,20). The fourth-order valence-corrected chi connectivity index (χ4v) is 2.69. The largest absolute Gasteiger partial charge is 0.394 e. The van der Waals surface area contributed by atoms with Gasteiger partial charge in [0.05, 0.1) is 18.2 Å². The Morgan fingerprint density at radius 2 is 1.95 bits per heavy atom. The second-order valence-electron chi connectivity index (χ2n) is 4.24. The molecular formula is C15H13BrClNO2. The Morgan fingerprint density at radius 1 is 1.25 bits per heavy atom. The third kappa shape index (κ3) is 3.60. The third-order valence-corrected chi connectivity index (χ3v) is 3.76. The molecule has 2 aromatic rings. The number of carbonyl (C=O) groups is 1. The van der Waals surface area contributed by atoms with Gasteiger partial charge in [-0.05, 0) is 39.7 Å². The Hall–Kier alpha value is -1.36. The molecule has 104 valence electrons. The van der Waals surface area contributed by atoms with Crippen molar-refractivity contribution in [2.24, 2.45) is 0 Å². The van der Waals surface area contributed by atoms with Gasteiger partial charge in [-0.25, -0.2) is 0 Å². The molecule has 0 bridgehead atoms. The maximum atomic E-state index is 12.2. The lowest BCUT2D eigenvalue weighted by Gasteiger charge is -2.17. The van der Waals surface area contributed by atoms with E-state index >= 15 is 0 Å². The van der Waals surface area contributed by atoms with E-state index in [0.29, 0.717) is 15.1 Å². The highest BCUT2D eigenvalue weighted by Crippen LogP contribution is 2.22. The van der Waals surface area contributed by atoms with Crippen molar-refractivity contribution in [3.63, 3.8) is 0 Å². The van der Waals surface area contributed by atoms with Gasteiger partial charge in [-0.3, -0.25) is 4.79 Å². The van der Waals surface area contributed by atoms with Crippen LogP contribution in [0.15, 0.2) is 53.0 Å². The van der Waals surface area contributed by atoms with E-state index < -0.39 is 6.04 Å². The lowest BCUT2D eigenvalue weighted by atomic mass is 10.1. The van der Waals surface area contributed by atoms with E-state index in [0.717, 1.165) is 5.56 Å². The molecule has 0 heterocycles. The first-order valence-corrected chi connectivity index (χ1v) is 7.20. The second-order valence-corrected chi connectivity index (χ2v) is 5.53. The topological polar surface area (TPSA) is 49.3 Å². The van der Waals surface area contributed by atoms with Crippen LogP contribution in [0.3, 0.4) is 0 Å². The van der Waals surface area contributed by atoms with Crippen molar-refractivity contribution in [1.82, 2.24) is 5.32 Å². The number of aliphatic hydroxyl groups excluding tert-OH is 1. The molecule has 2 aromatic carbocycles. The first kappa shape index (κ1) is 15.0. The van der Waals surface area contributed by atoms with Crippen LogP contribution in [0, 0.1) is 0 Å². The van der Waals surface area contributed by atoms with Gasteiger partial charge in [0, 0.05) is 9.50 Å². The monoisotopic (exact) mass is 353 g/mol. The molecule has 0 radical (unpaired) electrons. The molecular weight excluding hydrogens is 342 g/mol. The van der Waals surface area contributed by atoms with Crippen LogP contribution >= 0.6 is 27.5 Å². The van der Waals surface area contributed by atoms with Gasteiger partial charge in [0.25, 0.3) is 5.91 Å². The number of amides is 1. The molecule has 1 amide bonds. The lowest BCUT2D eigenvalue weighted by Crippen LogP contribution is -2.31. The predicted molar refractivity (Wildman–Crippen MR) is 82.9 cm³/mol. The van der Waals surface area contributed by atoms with E-state index in [9.17, 15) is 9.90 Å². The van der Waals surface area contributed by atoms with Gasteiger partial charge < -0.3 is 10.4 Å². The lowest BCUT2D eigenvalue weighted by molar-refractivity contribution is 0.0915. The number of nitrogens with one attached hydrogen (secondary N) is 1. The molecule has 5 heteroatoms. The Labute approximate surface area is 130 Å². The summed E-state index contributed by atoms with van der Waals surface area (Å²) in [6.45, 7) is -0.166. The zero-order valence-electron chi connectivity index (χ0n) is 10.5. The molecule has 0 aromatic heterocycles. The van der Waals surface area contributed by atoms with Crippen molar-refractivity contribution < 1.29 is 9.90 Å². The molecule has 0 aliphatic carbocycles.